The molecule has 0 spiro atoms. The number of esters is 1. The molecule has 1 aromatic carbocycles. The Hall–Kier alpha value is -0.580. The van der Waals surface area contributed by atoms with Gasteiger partial charge < -0.3 is 10.1 Å². The van der Waals surface area contributed by atoms with E-state index in [0.29, 0.717) is 17.5 Å². The number of hydrogen-bond donors (Lipinski definition) is 1. The van der Waals surface area contributed by atoms with Crippen molar-refractivity contribution in [3.63, 3.8) is 0 Å². The lowest BCUT2D eigenvalue weighted by molar-refractivity contribution is -0.145. The number of rotatable bonds is 6. The molecule has 19 heavy (non-hydrogen) atoms. The number of ether oxygens (including phenoxy) is 1. The molecule has 1 aromatic rings. The van der Waals surface area contributed by atoms with Crippen molar-refractivity contribution in [1.82, 2.24) is 5.32 Å². The van der Waals surface area contributed by atoms with Gasteiger partial charge in [-0.05, 0) is 43.1 Å². The van der Waals surface area contributed by atoms with E-state index in [4.69, 9.17) is 16.3 Å². The average Bonchev–Trinajstić information content (AvgIpc) is 2.33. The molecule has 0 radical (unpaired) electrons. The van der Waals surface area contributed by atoms with E-state index in [-0.39, 0.29) is 5.97 Å². The van der Waals surface area contributed by atoms with Gasteiger partial charge in [-0.15, -0.1) is 0 Å². The summed E-state index contributed by atoms with van der Waals surface area (Å²) in [7, 11) is 0. The smallest absolute Gasteiger partial charge is 0.327 e. The van der Waals surface area contributed by atoms with E-state index in [1.54, 1.807) is 19.1 Å². The van der Waals surface area contributed by atoms with E-state index in [1.807, 2.05) is 6.07 Å². The van der Waals surface area contributed by atoms with Gasteiger partial charge in [-0.25, -0.2) is 4.79 Å². The van der Waals surface area contributed by atoms with Crippen molar-refractivity contribution in [1.29, 1.82) is 0 Å². The Balaban J connectivity index is 3.00. The van der Waals surface area contributed by atoms with Crippen molar-refractivity contribution in [2.75, 3.05) is 13.2 Å². The first-order chi connectivity index (χ1) is 8.95. The number of carbonyl (C=O) groups excluding carboxylic acids is 1. The predicted octanol–water partition coefficient (Wildman–Crippen LogP) is 3.95. The molecule has 0 saturated heterocycles. The quantitative estimate of drug-likeness (QED) is 0.791. The summed E-state index contributed by atoms with van der Waals surface area (Å²) in [6, 6.07) is 4.89. The van der Waals surface area contributed by atoms with E-state index in [0.717, 1.165) is 16.6 Å². The molecule has 1 N–H and O–H groups in total. The number of benzene rings is 1. The Morgan fingerprint density at radius 1 is 1.47 bits per heavy atom. The van der Waals surface area contributed by atoms with Gasteiger partial charge >= 0.3 is 5.97 Å². The summed E-state index contributed by atoms with van der Waals surface area (Å²) in [4.78, 5) is 12.1. The third kappa shape index (κ3) is 5.13. The van der Waals surface area contributed by atoms with Crippen LogP contribution < -0.4 is 5.32 Å². The van der Waals surface area contributed by atoms with Gasteiger partial charge in [-0.2, -0.15) is 0 Å². The van der Waals surface area contributed by atoms with Crippen LogP contribution in [0.1, 0.15) is 32.4 Å². The minimum atomic E-state index is -0.504. The van der Waals surface area contributed by atoms with Gasteiger partial charge in [-0.3, -0.25) is 0 Å². The highest BCUT2D eigenvalue weighted by molar-refractivity contribution is 9.10. The monoisotopic (exact) mass is 347 g/mol. The van der Waals surface area contributed by atoms with E-state index in [1.165, 1.54) is 0 Å². The minimum absolute atomic E-state index is 0.286. The number of hydrogen-bond acceptors (Lipinski definition) is 3. The summed E-state index contributed by atoms with van der Waals surface area (Å²) in [6.07, 6.45) is 0. The topological polar surface area (TPSA) is 38.3 Å². The Labute approximate surface area is 127 Å². The lowest BCUT2D eigenvalue weighted by atomic mass is 10.1. The maximum atomic E-state index is 12.1. The van der Waals surface area contributed by atoms with Crippen LogP contribution in [0.5, 0.6) is 0 Å². The second-order valence-corrected chi connectivity index (χ2v) is 5.94. The molecule has 0 amide bonds. The fourth-order valence-corrected chi connectivity index (χ4v) is 2.29. The number of halogens is 2. The van der Waals surface area contributed by atoms with Crippen molar-refractivity contribution in [2.45, 2.75) is 26.8 Å². The van der Waals surface area contributed by atoms with Crippen molar-refractivity contribution in [2.24, 2.45) is 5.92 Å². The Kier molecular flexibility index (Phi) is 6.83. The van der Waals surface area contributed by atoms with Crippen LogP contribution in [-0.4, -0.2) is 19.1 Å². The van der Waals surface area contributed by atoms with Crippen LogP contribution in [0, 0.1) is 5.92 Å². The Bertz CT molecular complexity index is 437. The summed E-state index contributed by atoms with van der Waals surface area (Å²) in [5.41, 5.74) is 0.798. The highest BCUT2D eigenvalue weighted by Gasteiger charge is 2.24. The molecule has 0 aliphatic heterocycles. The van der Waals surface area contributed by atoms with Crippen LogP contribution in [0.2, 0.25) is 5.02 Å². The first-order valence-corrected chi connectivity index (χ1v) is 7.47. The SMILES string of the molecule is CCOC(=O)C(NCC(C)C)c1cc(Cl)ccc1Br. The van der Waals surface area contributed by atoms with E-state index < -0.39 is 6.04 Å². The first kappa shape index (κ1) is 16.5. The Morgan fingerprint density at radius 2 is 2.16 bits per heavy atom. The van der Waals surface area contributed by atoms with Gasteiger partial charge in [0.05, 0.1) is 6.61 Å². The van der Waals surface area contributed by atoms with Gasteiger partial charge in [0.15, 0.2) is 0 Å². The van der Waals surface area contributed by atoms with Crippen molar-refractivity contribution >= 4 is 33.5 Å². The predicted molar refractivity (Wildman–Crippen MR) is 81.4 cm³/mol. The summed E-state index contributed by atoms with van der Waals surface area (Å²) in [5, 5.41) is 3.82. The minimum Gasteiger partial charge on any atom is -0.465 e. The van der Waals surface area contributed by atoms with Crippen LogP contribution in [-0.2, 0) is 9.53 Å². The summed E-state index contributed by atoms with van der Waals surface area (Å²) < 4.78 is 5.96. The van der Waals surface area contributed by atoms with Crippen LogP contribution >= 0.6 is 27.5 Å². The van der Waals surface area contributed by atoms with Crippen LogP contribution in [0.25, 0.3) is 0 Å². The molecule has 0 fully saturated rings. The third-order valence-electron chi connectivity index (χ3n) is 2.52. The molecule has 0 heterocycles. The molecule has 106 valence electrons. The van der Waals surface area contributed by atoms with E-state index >= 15 is 0 Å². The number of carbonyl (C=O) groups is 1. The molecule has 0 aromatic heterocycles. The molecule has 5 heteroatoms. The lowest BCUT2D eigenvalue weighted by Gasteiger charge is -2.20. The second kappa shape index (κ2) is 7.88. The second-order valence-electron chi connectivity index (χ2n) is 4.65. The molecule has 1 rings (SSSR count). The zero-order chi connectivity index (χ0) is 14.4. The molecule has 1 atom stereocenters. The lowest BCUT2D eigenvalue weighted by Crippen LogP contribution is -2.33. The fourth-order valence-electron chi connectivity index (χ4n) is 1.64. The molecule has 0 aliphatic carbocycles. The summed E-state index contributed by atoms with van der Waals surface area (Å²) in [5.74, 6) is 0.154. The molecule has 0 saturated carbocycles. The maximum absolute atomic E-state index is 12.1. The maximum Gasteiger partial charge on any atom is 0.327 e. The zero-order valence-electron chi connectivity index (χ0n) is 11.4. The van der Waals surface area contributed by atoms with Gasteiger partial charge in [0.25, 0.3) is 0 Å². The van der Waals surface area contributed by atoms with Gasteiger partial charge in [0, 0.05) is 9.50 Å². The number of nitrogens with one attached hydrogen (secondary N) is 1. The van der Waals surface area contributed by atoms with Crippen LogP contribution in [0.4, 0.5) is 0 Å². The average molecular weight is 349 g/mol. The van der Waals surface area contributed by atoms with Gasteiger partial charge in [0.2, 0.25) is 0 Å². The first-order valence-electron chi connectivity index (χ1n) is 6.30. The van der Waals surface area contributed by atoms with Crippen molar-refractivity contribution < 1.29 is 9.53 Å². The van der Waals surface area contributed by atoms with E-state index in [2.05, 4.69) is 35.1 Å². The van der Waals surface area contributed by atoms with Crippen LogP contribution in [0.3, 0.4) is 0 Å². The highest BCUT2D eigenvalue weighted by atomic mass is 79.9. The third-order valence-corrected chi connectivity index (χ3v) is 3.48. The van der Waals surface area contributed by atoms with E-state index in [9.17, 15) is 4.79 Å². The fraction of sp³-hybridized carbons (Fsp3) is 0.500. The van der Waals surface area contributed by atoms with Crippen molar-refractivity contribution in [3.05, 3.63) is 33.3 Å². The van der Waals surface area contributed by atoms with Gasteiger partial charge in [-0.1, -0.05) is 41.4 Å². The van der Waals surface area contributed by atoms with Gasteiger partial charge in [0.1, 0.15) is 6.04 Å². The molecule has 1 unspecified atom stereocenters. The molecular formula is C14H19BrClNO2. The van der Waals surface area contributed by atoms with Crippen molar-refractivity contribution in [3.8, 4) is 0 Å². The standard InChI is InChI=1S/C14H19BrClNO2/c1-4-19-14(18)13(17-8-9(2)3)11-7-10(16)5-6-12(11)15/h5-7,9,13,17H,4,8H2,1-3H3. The van der Waals surface area contributed by atoms with Crippen LogP contribution in [0.15, 0.2) is 22.7 Å². The molecule has 3 nitrogen and oxygen atoms in total. The molecular weight excluding hydrogens is 330 g/mol. The zero-order valence-corrected chi connectivity index (χ0v) is 13.7. The largest absolute Gasteiger partial charge is 0.465 e. The summed E-state index contributed by atoms with van der Waals surface area (Å²) >= 11 is 9.46. The molecule has 0 aliphatic rings. The normalized spacial score (nSPS) is 12.5. The highest BCUT2D eigenvalue weighted by Crippen LogP contribution is 2.27. The molecule has 0 bridgehead atoms. The summed E-state index contributed by atoms with van der Waals surface area (Å²) in [6.45, 7) is 7.05. The Morgan fingerprint density at radius 3 is 2.74 bits per heavy atom.